The average Bonchev–Trinajstić information content (AvgIpc) is 3.86. The summed E-state index contributed by atoms with van der Waals surface area (Å²) in [7, 11) is -0.427. The Labute approximate surface area is 389 Å². The maximum atomic E-state index is 9.02. The quantitative estimate of drug-likeness (QED) is 0.0948. The minimum Gasteiger partial charge on any atom is -0.510 e. The van der Waals surface area contributed by atoms with Crippen LogP contribution in [0, 0.1) is 18.5 Å². The van der Waals surface area contributed by atoms with Gasteiger partial charge in [-0.3, -0.25) is 0 Å². The number of hydrogen-bond donors (Lipinski definition) is 0. The van der Waals surface area contributed by atoms with E-state index in [2.05, 4.69) is 160 Å². The topological polar surface area (TPSA) is 39.1 Å². The summed E-state index contributed by atoms with van der Waals surface area (Å²) in [6, 6.07) is 55.1. The summed E-state index contributed by atoms with van der Waals surface area (Å²) in [6.45, 7) is 8.27. The maximum Gasteiger partial charge on any atom is 0.307 e. The van der Waals surface area contributed by atoms with Crippen molar-refractivity contribution >= 4 is 58.2 Å². The molecule has 2 aliphatic rings. The Morgan fingerprint density at radius 3 is 2.13 bits per heavy atom. The Hall–Kier alpha value is -6.21. The van der Waals surface area contributed by atoms with Crippen molar-refractivity contribution < 1.29 is 34.5 Å². The Morgan fingerprint density at radius 2 is 1.43 bits per heavy atom. The van der Waals surface area contributed by atoms with Gasteiger partial charge in [-0.2, -0.15) is 17.3 Å². The Kier molecular flexibility index (Phi) is 9.04. The van der Waals surface area contributed by atoms with E-state index in [1.165, 1.54) is 10.1 Å². The van der Waals surface area contributed by atoms with Crippen molar-refractivity contribution in [1.29, 1.82) is 0 Å². The van der Waals surface area contributed by atoms with Crippen molar-refractivity contribution in [2.45, 2.75) is 39.3 Å². The molecular weight excluding hydrogens is 969 g/mol. The normalized spacial score (nSPS) is 14.9. The van der Waals surface area contributed by atoms with Crippen LogP contribution in [0.25, 0.3) is 60.8 Å². The van der Waals surface area contributed by atoms with Crippen molar-refractivity contribution in [3.63, 3.8) is 0 Å². The predicted octanol–water partition coefficient (Wildman–Crippen LogP) is 9.48. The summed E-state index contributed by atoms with van der Waals surface area (Å²) >= 11 is 0. The third kappa shape index (κ3) is 6.57. The third-order valence-electron chi connectivity index (χ3n) is 12.8. The molecule has 0 N–H and O–H groups in total. The number of aromatic nitrogens is 4. The molecule has 5 heterocycles. The molecule has 0 saturated carbocycles. The van der Waals surface area contributed by atoms with Gasteiger partial charge in [-0.15, -0.1) is 29.7 Å². The van der Waals surface area contributed by atoms with Crippen molar-refractivity contribution in [3.8, 4) is 45.3 Å². The van der Waals surface area contributed by atoms with E-state index in [4.69, 9.17) is 13.8 Å². The van der Waals surface area contributed by atoms with Gasteiger partial charge < -0.3 is 23.2 Å². The first kappa shape index (κ1) is 37.4. The second-order valence-corrected chi connectivity index (χ2v) is 22.3. The molecule has 0 spiro atoms. The van der Waals surface area contributed by atoms with Crippen LogP contribution >= 0.6 is 0 Å². The first-order valence-corrected chi connectivity index (χ1v) is 24.1. The van der Waals surface area contributed by atoms with Crippen LogP contribution in [0.4, 0.5) is 0 Å². The molecule has 3 aromatic heterocycles. The monoisotopic (exact) mass is 1020 g/mol. The second kappa shape index (κ2) is 15.3. The number of pyridine rings is 1. The van der Waals surface area contributed by atoms with Crippen LogP contribution in [0.1, 0.15) is 36.1 Å². The number of para-hydroxylation sites is 1. The van der Waals surface area contributed by atoms with Crippen LogP contribution in [0.3, 0.4) is 0 Å². The number of hydrogen-bond acceptors (Lipinski definition) is 3. The van der Waals surface area contributed by atoms with Gasteiger partial charge in [0.1, 0.15) is 5.82 Å². The van der Waals surface area contributed by atoms with Gasteiger partial charge in [0.25, 0.3) is 0 Å². The van der Waals surface area contributed by atoms with Crippen LogP contribution in [-0.2, 0) is 33.5 Å². The van der Waals surface area contributed by atoms with Gasteiger partial charge in [-0.1, -0.05) is 147 Å². The fourth-order valence-electron chi connectivity index (χ4n) is 9.67. The molecule has 0 unspecified atom stereocenters. The Morgan fingerprint density at radius 1 is 0.762 bits per heavy atom. The van der Waals surface area contributed by atoms with Gasteiger partial charge in [0.15, 0.2) is 0 Å². The molecule has 6 nitrogen and oxygen atoms in total. The summed E-state index contributed by atoms with van der Waals surface area (Å²) in [5, 5.41) is 4.40. The molecule has 0 bridgehead atoms. The molecule has 0 fully saturated rings. The van der Waals surface area contributed by atoms with E-state index in [1.54, 1.807) is 0 Å². The van der Waals surface area contributed by atoms with Crippen LogP contribution < -0.4 is 25.5 Å². The summed E-state index contributed by atoms with van der Waals surface area (Å²) in [4.78, 5) is 7.07. The minimum absolute atomic E-state index is 0. The molecule has 0 atom stereocenters. The van der Waals surface area contributed by atoms with Crippen molar-refractivity contribution in [2.24, 2.45) is 6.98 Å². The number of aryl methyl sites for hydroxylation is 1. The summed E-state index contributed by atoms with van der Waals surface area (Å²) in [6.07, 6.45) is 7.52. The van der Waals surface area contributed by atoms with E-state index in [1.807, 2.05) is 65.4 Å². The summed E-state index contributed by atoms with van der Waals surface area (Å²) in [5.41, 5.74) is 10.5. The van der Waals surface area contributed by atoms with Crippen LogP contribution in [0.2, 0.25) is 13.1 Å². The largest absolute Gasteiger partial charge is 0.510 e. The van der Waals surface area contributed by atoms with Gasteiger partial charge in [-0.05, 0) is 75.5 Å². The molecule has 6 aromatic carbocycles. The smallest absolute Gasteiger partial charge is 0.307 e. The van der Waals surface area contributed by atoms with Crippen LogP contribution in [0.5, 0.6) is 11.5 Å². The molecule has 2 aliphatic heterocycles. The SMILES string of the molecule is [2H]C([2H])([2H])[n+]1[c-]n2c3c1B(c1c(-c4ccccc4)cccc1-c1ccccc1)N(C)C=C3[Si](C)(C)c1ccc(Oc3[c-]c4c(cc3)c3ccccc3n4-c3cc(C(C)(C)C)ccn3)[c-]c1-2.[Pt]. The van der Waals surface area contributed by atoms with Gasteiger partial charge in [-0.25, -0.2) is 4.98 Å². The number of fused-ring (bicyclic) bond motifs is 5. The van der Waals surface area contributed by atoms with E-state index in [0.29, 0.717) is 17.1 Å². The first-order chi connectivity index (χ1) is 31.2. The van der Waals surface area contributed by atoms with Gasteiger partial charge in [0, 0.05) is 63.6 Å². The molecule has 9 aromatic rings. The zero-order valence-electron chi connectivity index (χ0n) is 39.0. The molecule has 63 heavy (non-hydrogen) atoms. The Bertz CT molecular complexity index is 3340. The number of benzene rings is 6. The van der Waals surface area contributed by atoms with Crippen LogP contribution in [0.15, 0.2) is 152 Å². The van der Waals surface area contributed by atoms with Gasteiger partial charge in [0.2, 0.25) is 6.33 Å². The van der Waals surface area contributed by atoms with Crippen molar-refractivity contribution in [3.05, 3.63) is 182 Å². The van der Waals surface area contributed by atoms with E-state index in [-0.39, 0.29) is 26.5 Å². The summed E-state index contributed by atoms with van der Waals surface area (Å²) < 4.78 is 39.3. The molecule has 0 saturated heterocycles. The molecular formula is C54H46BN5OPtSi-2. The fraction of sp³-hybridized carbons (Fsp3) is 0.148. The minimum atomic E-state index is -2.54. The standard InChI is InChI=1S/C54H46BN5OSi.Pt/c1-54(2,3)38-29-30-56-50(31-38)60-45-24-15-14-21-43(45)44-27-25-39(32-46(44)60)61-40-26-28-48-47(33-40)59-35-57(4)53-52(59)49(62(48,6)7)34-58(5)55(53)51-41(36-17-10-8-11-18-36)22-16-23-42(51)37-19-12-9-13-20-37;/h8-31,34H,1-7H3;/q-2;/i4D3;. The Balaban J connectivity index is 0.00000511. The third-order valence-corrected chi connectivity index (χ3v) is 16.3. The summed E-state index contributed by atoms with van der Waals surface area (Å²) in [5.74, 6) is 1.84. The van der Waals surface area contributed by atoms with Gasteiger partial charge >= 0.3 is 6.85 Å². The van der Waals surface area contributed by atoms with Crippen LogP contribution in [-0.4, -0.2) is 40.9 Å². The number of rotatable bonds is 6. The molecule has 0 aliphatic carbocycles. The number of nitrogens with zero attached hydrogens (tertiary/aromatic N) is 5. The fourth-order valence-corrected chi connectivity index (χ4v) is 12.6. The molecule has 11 rings (SSSR count). The molecule has 0 radical (unpaired) electrons. The molecule has 312 valence electrons. The van der Waals surface area contributed by atoms with E-state index in [0.717, 1.165) is 77.1 Å². The zero-order valence-corrected chi connectivity index (χ0v) is 39.2. The second-order valence-electron chi connectivity index (χ2n) is 18.0. The zero-order chi connectivity index (χ0) is 45.0. The first-order valence-electron chi connectivity index (χ1n) is 22.6. The van der Waals surface area contributed by atoms with Crippen molar-refractivity contribution in [2.75, 3.05) is 7.05 Å². The predicted molar refractivity (Wildman–Crippen MR) is 256 cm³/mol. The van der Waals surface area contributed by atoms with E-state index < -0.39 is 21.9 Å². The van der Waals surface area contributed by atoms with E-state index >= 15 is 0 Å². The number of ether oxygens (including phenoxy) is 1. The van der Waals surface area contributed by atoms with Crippen molar-refractivity contribution in [1.82, 2.24) is 18.9 Å². The molecule has 9 heteroatoms. The average molecular weight is 1020 g/mol. The van der Waals surface area contributed by atoms with E-state index in [9.17, 15) is 0 Å². The number of imidazole rings is 1. The van der Waals surface area contributed by atoms with Gasteiger partial charge in [0.05, 0.1) is 11.1 Å². The molecule has 0 amide bonds. The maximum absolute atomic E-state index is 9.02.